The van der Waals surface area contributed by atoms with Gasteiger partial charge in [-0.3, -0.25) is 0 Å². The van der Waals surface area contributed by atoms with E-state index < -0.39 is 17.7 Å². The van der Waals surface area contributed by atoms with Crippen molar-refractivity contribution in [2.24, 2.45) is 0 Å². The third kappa shape index (κ3) is 3.83. The second-order valence-corrected chi connectivity index (χ2v) is 4.85. The summed E-state index contributed by atoms with van der Waals surface area (Å²) in [5.74, 6) is -1.87. The lowest BCUT2D eigenvalue weighted by atomic mass is 10.1. The van der Waals surface area contributed by atoms with E-state index >= 15 is 0 Å². The van der Waals surface area contributed by atoms with Crippen molar-refractivity contribution in [3.05, 3.63) is 70.5 Å². The first kappa shape index (κ1) is 15.5. The van der Waals surface area contributed by atoms with Gasteiger partial charge < -0.3 is 10.4 Å². The molecule has 0 radical (unpaired) electrons. The van der Waals surface area contributed by atoms with Crippen molar-refractivity contribution in [3.63, 3.8) is 0 Å². The molecule has 0 fully saturated rings. The molecular formula is C16H16F3NO. The highest BCUT2D eigenvalue weighted by Gasteiger charge is 2.17. The number of aliphatic hydroxyl groups is 1. The van der Waals surface area contributed by atoms with Gasteiger partial charge in [-0.25, -0.2) is 13.2 Å². The minimum atomic E-state index is -1.29. The van der Waals surface area contributed by atoms with Crippen molar-refractivity contribution in [1.82, 2.24) is 5.32 Å². The molecule has 0 aliphatic carbocycles. The Balaban J connectivity index is 1.97. The van der Waals surface area contributed by atoms with Crippen LogP contribution in [0.2, 0.25) is 0 Å². The van der Waals surface area contributed by atoms with Gasteiger partial charge in [0.2, 0.25) is 0 Å². The van der Waals surface area contributed by atoms with Crippen LogP contribution < -0.4 is 5.32 Å². The van der Waals surface area contributed by atoms with E-state index in [1.54, 1.807) is 13.0 Å². The zero-order valence-corrected chi connectivity index (χ0v) is 11.5. The Morgan fingerprint density at radius 3 is 2.38 bits per heavy atom. The number of aryl methyl sites for hydroxylation is 1. The normalized spacial score (nSPS) is 12.4. The number of rotatable bonds is 5. The fourth-order valence-corrected chi connectivity index (χ4v) is 2.13. The molecule has 2 N–H and O–H groups in total. The van der Waals surface area contributed by atoms with Crippen molar-refractivity contribution >= 4 is 0 Å². The lowest BCUT2D eigenvalue weighted by Crippen LogP contribution is -2.23. The van der Waals surface area contributed by atoms with Gasteiger partial charge in [0.25, 0.3) is 0 Å². The van der Waals surface area contributed by atoms with Gasteiger partial charge in [0.15, 0.2) is 0 Å². The van der Waals surface area contributed by atoms with E-state index in [2.05, 4.69) is 5.32 Å². The molecule has 0 aliphatic heterocycles. The van der Waals surface area contributed by atoms with Crippen molar-refractivity contribution in [2.45, 2.75) is 19.6 Å². The number of benzene rings is 2. The smallest absolute Gasteiger partial charge is 0.131 e. The average Bonchev–Trinajstić information content (AvgIpc) is 2.41. The molecule has 1 unspecified atom stereocenters. The molecule has 0 heterocycles. The molecule has 0 saturated heterocycles. The van der Waals surface area contributed by atoms with E-state index in [4.69, 9.17) is 0 Å². The van der Waals surface area contributed by atoms with Crippen molar-refractivity contribution < 1.29 is 18.3 Å². The Labute approximate surface area is 121 Å². The molecule has 0 spiro atoms. The highest BCUT2D eigenvalue weighted by molar-refractivity contribution is 5.26. The first-order chi connectivity index (χ1) is 9.99. The average molecular weight is 295 g/mol. The van der Waals surface area contributed by atoms with Gasteiger partial charge in [-0.2, -0.15) is 0 Å². The van der Waals surface area contributed by atoms with Crippen LogP contribution in [-0.4, -0.2) is 11.7 Å². The maximum absolute atomic E-state index is 13.5. The molecule has 1 atom stereocenters. The Morgan fingerprint density at radius 2 is 1.76 bits per heavy atom. The summed E-state index contributed by atoms with van der Waals surface area (Å²) in [5.41, 5.74) is 1.28. The van der Waals surface area contributed by atoms with Gasteiger partial charge in [-0.1, -0.05) is 12.1 Å². The van der Waals surface area contributed by atoms with Crippen LogP contribution in [0, 0.1) is 24.4 Å². The van der Waals surface area contributed by atoms with Gasteiger partial charge in [0.05, 0.1) is 11.7 Å². The molecule has 112 valence electrons. The fourth-order valence-electron chi connectivity index (χ4n) is 2.13. The molecule has 2 rings (SSSR count). The second kappa shape index (κ2) is 6.74. The molecule has 21 heavy (non-hydrogen) atoms. The van der Waals surface area contributed by atoms with Crippen LogP contribution in [0.15, 0.2) is 36.4 Å². The summed E-state index contributed by atoms with van der Waals surface area (Å²) in [6.07, 6.45) is -1.29. The molecule has 2 aromatic carbocycles. The lowest BCUT2D eigenvalue weighted by molar-refractivity contribution is 0.164. The monoisotopic (exact) mass is 295 g/mol. The van der Waals surface area contributed by atoms with Crippen molar-refractivity contribution in [1.29, 1.82) is 0 Å². The van der Waals surface area contributed by atoms with E-state index in [1.807, 2.05) is 0 Å². The molecule has 2 nitrogen and oxygen atoms in total. The molecule has 5 heteroatoms. The van der Waals surface area contributed by atoms with Crippen LogP contribution in [0.25, 0.3) is 0 Å². The topological polar surface area (TPSA) is 32.3 Å². The van der Waals surface area contributed by atoms with Crippen molar-refractivity contribution in [2.75, 3.05) is 6.54 Å². The van der Waals surface area contributed by atoms with E-state index in [0.29, 0.717) is 6.54 Å². The van der Waals surface area contributed by atoms with Gasteiger partial charge >= 0.3 is 0 Å². The molecule has 0 saturated carbocycles. The number of hydrogen-bond acceptors (Lipinski definition) is 2. The molecule has 2 aromatic rings. The predicted octanol–water partition coefficient (Wildman–Crippen LogP) is 3.24. The van der Waals surface area contributed by atoms with Crippen LogP contribution in [0.1, 0.15) is 22.8 Å². The summed E-state index contributed by atoms with van der Waals surface area (Å²) in [4.78, 5) is 0. The van der Waals surface area contributed by atoms with Gasteiger partial charge in [-0.05, 0) is 42.3 Å². The highest BCUT2D eigenvalue weighted by atomic mass is 19.1. The van der Waals surface area contributed by atoms with Crippen LogP contribution in [-0.2, 0) is 6.54 Å². The van der Waals surface area contributed by atoms with Crippen LogP contribution in [0.5, 0.6) is 0 Å². The quantitative estimate of drug-likeness (QED) is 0.887. The van der Waals surface area contributed by atoms with E-state index in [-0.39, 0.29) is 17.9 Å². The number of hydrogen-bond donors (Lipinski definition) is 2. The molecule has 0 amide bonds. The lowest BCUT2D eigenvalue weighted by Gasteiger charge is -2.14. The summed E-state index contributed by atoms with van der Waals surface area (Å²) in [7, 11) is 0. The second-order valence-electron chi connectivity index (χ2n) is 4.85. The van der Waals surface area contributed by atoms with Crippen molar-refractivity contribution in [3.8, 4) is 0 Å². The van der Waals surface area contributed by atoms with E-state index in [9.17, 15) is 18.3 Å². The number of nitrogens with one attached hydrogen (secondary N) is 1. The molecule has 0 aromatic heterocycles. The summed E-state index contributed by atoms with van der Waals surface area (Å²) < 4.78 is 39.9. The summed E-state index contributed by atoms with van der Waals surface area (Å²) in [5, 5.41) is 12.8. The zero-order chi connectivity index (χ0) is 15.4. The Morgan fingerprint density at radius 1 is 1.10 bits per heavy atom. The summed E-state index contributed by atoms with van der Waals surface area (Å²) >= 11 is 0. The molecular weight excluding hydrogens is 279 g/mol. The van der Waals surface area contributed by atoms with E-state index in [1.165, 1.54) is 18.2 Å². The third-order valence-corrected chi connectivity index (χ3v) is 3.29. The van der Waals surface area contributed by atoms with Crippen LogP contribution >= 0.6 is 0 Å². The third-order valence-electron chi connectivity index (χ3n) is 3.29. The fraction of sp³-hybridized carbons (Fsp3) is 0.250. The zero-order valence-electron chi connectivity index (χ0n) is 11.5. The Hall–Kier alpha value is -1.85. The highest BCUT2D eigenvalue weighted by Crippen LogP contribution is 2.20. The summed E-state index contributed by atoms with van der Waals surface area (Å²) in [6.45, 7) is 2.14. The standard InChI is InChI=1S/C16H16F3NO/c1-10-7-12(17)6-5-11(10)8-20-9-15(21)16-13(18)3-2-4-14(16)19/h2-7,15,20-21H,8-9H2,1H3. The maximum Gasteiger partial charge on any atom is 0.131 e. The predicted molar refractivity (Wildman–Crippen MR) is 74.2 cm³/mol. The number of halogens is 3. The van der Waals surface area contributed by atoms with E-state index in [0.717, 1.165) is 23.3 Å². The maximum atomic E-state index is 13.5. The SMILES string of the molecule is Cc1cc(F)ccc1CNCC(O)c1c(F)cccc1F. The molecule has 0 aliphatic rings. The minimum Gasteiger partial charge on any atom is -0.387 e. The van der Waals surface area contributed by atoms with Gasteiger partial charge in [0, 0.05) is 13.1 Å². The van der Waals surface area contributed by atoms with Gasteiger partial charge in [0.1, 0.15) is 17.5 Å². The van der Waals surface area contributed by atoms with Gasteiger partial charge in [-0.15, -0.1) is 0 Å². The Kier molecular flexibility index (Phi) is 4.98. The number of aliphatic hydroxyl groups excluding tert-OH is 1. The van der Waals surface area contributed by atoms with Crippen LogP contribution in [0.4, 0.5) is 13.2 Å². The minimum absolute atomic E-state index is 0.00529. The van der Waals surface area contributed by atoms with Crippen LogP contribution in [0.3, 0.4) is 0 Å². The molecule has 0 bridgehead atoms. The largest absolute Gasteiger partial charge is 0.387 e. The Bertz CT molecular complexity index is 611. The first-order valence-corrected chi connectivity index (χ1v) is 6.56. The first-order valence-electron chi connectivity index (χ1n) is 6.56. The summed E-state index contributed by atoms with van der Waals surface area (Å²) in [6, 6.07) is 7.84.